The third-order valence-electron chi connectivity index (χ3n) is 2.18. The molecular formula is C12H16O4. The van der Waals surface area contributed by atoms with E-state index in [1.807, 2.05) is 13.0 Å². The quantitative estimate of drug-likeness (QED) is 0.750. The summed E-state index contributed by atoms with van der Waals surface area (Å²) in [6.07, 6.45) is 0.780. The molecule has 1 aromatic rings. The number of hydrogen-bond acceptors (Lipinski definition) is 3. The fraction of sp³-hybridized carbons (Fsp3) is 0.417. The Morgan fingerprint density at radius 1 is 1.31 bits per heavy atom. The van der Waals surface area contributed by atoms with Gasteiger partial charge in [-0.05, 0) is 30.2 Å². The minimum absolute atomic E-state index is 0.256. The highest BCUT2D eigenvalue weighted by molar-refractivity contribution is 5.88. The average Bonchev–Trinajstić information content (AvgIpc) is 2.29. The molecule has 0 aliphatic rings. The highest BCUT2D eigenvalue weighted by Crippen LogP contribution is 2.18. The van der Waals surface area contributed by atoms with Crippen molar-refractivity contribution in [3.63, 3.8) is 0 Å². The lowest BCUT2D eigenvalue weighted by atomic mass is 10.1. The van der Waals surface area contributed by atoms with E-state index in [1.165, 1.54) is 6.07 Å². The molecule has 0 radical (unpaired) electrons. The lowest BCUT2D eigenvalue weighted by Gasteiger charge is -2.08. The van der Waals surface area contributed by atoms with Gasteiger partial charge in [-0.1, -0.05) is 6.92 Å². The summed E-state index contributed by atoms with van der Waals surface area (Å²) in [6.45, 7) is 2.88. The van der Waals surface area contributed by atoms with Gasteiger partial charge in [0.2, 0.25) is 0 Å². The summed E-state index contributed by atoms with van der Waals surface area (Å²) in [5.74, 6) is -0.360. The van der Waals surface area contributed by atoms with Gasteiger partial charge in [0, 0.05) is 7.11 Å². The zero-order valence-corrected chi connectivity index (χ0v) is 9.53. The molecule has 1 rings (SSSR count). The van der Waals surface area contributed by atoms with Crippen LogP contribution in [-0.2, 0) is 11.2 Å². The van der Waals surface area contributed by atoms with Crippen LogP contribution in [0.5, 0.6) is 5.75 Å². The van der Waals surface area contributed by atoms with Gasteiger partial charge in [-0.15, -0.1) is 0 Å². The van der Waals surface area contributed by atoms with Gasteiger partial charge in [0.05, 0.1) is 12.2 Å². The number of carbonyl (C=O) groups is 1. The molecule has 0 bridgehead atoms. The molecule has 1 aromatic carbocycles. The fourth-order valence-electron chi connectivity index (χ4n) is 1.31. The van der Waals surface area contributed by atoms with Crippen molar-refractivity contribution in [1.29, 1.82) is 0 Å². The van der Waals surface area contributed by atoms with Gasteiger partial charge >= 0.3 is 5.97 Å². The van der Waals surface area contributed by atoms with Crippen LogP contribution in [0.15, 0.2) is 18.2 Å². The molecule has 0 fully saturated rings. The van der Waals surface area contributed by atoms with Crippen LogP contribution in [0.25, 0.3) is 0 Å². The molecule has 0 saturated carbocycles. The minimum Gasteiger partial charge on any atom is -0.491 e. The normalized spacial score (nSPS) is 10.1. The van der Waals surface area contributed by atoms with Gasteiger partial charge in [-0.25, -0.2) is 4.79 Å². The highest BCUT2D eigenvalue weighted by Gasteiger charge is 2.07. The van der Waals surface area contributed by atoms with Gasteiger partial charge in [0.1, 0.15) is 12.4 Å². The SMILES string of the molecule is CCc1cc(OCCOC)cc(C(=O)O)c1. The summed E-state index contributed by atoms with van der Waals surface area (Å²) < 4.78 is 10.2. The van der Waals surface area contributed by atoms with E-state index >= 15 is 0 Å². The van der Waals surface area contributed by atoms with Crippen molar-refractivity contribution in [1.82, 2.24) is 0 Å². The lowest BCUT2D eigenvalue weighted by Crippen LogP contribution is -2.06. The number of aryl methyl sites for hydroxylation is 1. The van der Waals surface area contributed by atoms with E-state index in [2.05, 4.69) is 0 Å². The Hall–Kier alpha value is -1.55. The van der Waals surface area contributed by atoms with Crippen LogP contribution in [0, 0.1) is 0 Å². The van der Waals surface area contributed by atoms with Crippen LogP contribution < -0.4 is 4.74 Å². The maximum absolute atomic E-state index is 10.9. The Balaban J connectivity index is 2.82. The lowest BCUT2D eigenvalue weighted by molar-refractivity contribution is 0.0696. The Morgan fingerprint density at radius 2 is 2.06 bits per heavy atom. The summed E-state index contributed by atoms with van der Waals surface area (Å²) in [4.78, 5) is 10.9. The van der Waals surface area contributed by atoms with Crippen LogP contribution in [0.4, 0.5) is 0 Å². The summed E-state index contributed by atoms with van der Waals surface area (Å²) in [5, 5.41) is 8.92. The van der Waals surface area contributed by atoms with Crippen LogP contribution in [0.3, 0.4) is 0 Å². The predicted molar refractivity (Wildman–Crippen MR) is 60.2 cm³/mol. The first kappa shape index (κ1) is 12.5. The summed E-state index contributed by atoms with van der Waals surface area (Å²) >= 11 is 0. The summed E-state index contributed by atoms with van der Waals surface area (Å²) in [6, 6.07) is 5.03. The van der Waals surface area contributed by atoms with Crippen LogP contribution in [0.1, 0.15) is 22.8 Å². The van der Waals surface area contributed by atoms with Crippen molar-refractivity contribution >= 4 is 5.97 Å². The molecule has 4 nitrogen and oxygen atoms in total. The van der Waals surface area contributed by atoms with E-state index in [0.29, 0.717) is 19.0 Å². The fourth-order valence-corrected chi connectivity index (χ4v) is 1.31. The van der Waals surface area contributed by atoms with Crippen molar-refractivity contribution < 1.29 is 19.4 Å². The number of carboxylic acid groups (broad SMARTS) is 1. The molecule has 4 heteroatoms. The molecule has 0 aliphatic heterocycles. The van der Waals surface area contributed by atoms with Gasteiger partial charge in [-0.2, -0.15) is 0 Å². The molecule has 0 amide bonds. The molecule has 0 aliphatic carbocycles. The number of rotatable bonds is 6. The first-order valence-corrected chi connectivity index (χ1v) is 5.16. The van der Waals surface area contributed by atoms with E-state index in [4.69, 9.17) is 14.6 Å². The van der Waals surface area contributed by atoms with Crippen molar-refractivity contribution in [3.05, 3.63) is 29.3 Å². The van der Waals surface area contributed by atoms with E-state index in [9.17, 15) is 4.79 Å². The van der Waals surface area contributed by atoms with Gasteiger partial charge in [0.15, 0.2) is 0 Å². The maximum atomic E-state index is 10.9. The van der Waals surface area contributed by atoms with Crippen LogP contribution in [0.2, 0.25) is 0 Å². The molecule has 0 spiro atoms. The molecular weight excluding hydrogens is 208 g/mol. The highest BCUT2D eigenvalue weighted by atomic mass is 16.5. The van der Waals surface area contributed by atoms with E-state index in [0.717, 1.165) is 12.0 Å². The Morgan fingerprint density at radius 3 is 2.62 bits per heavy atom. The number of benzene rings is 1. The molecule has 1 N–H and O–H groups in total. The Labute approximate surface area is 94.8 Å². The van der Waals surface area contributed by atoms with Gasteiger partial charge in [-0.3, -0.25) is 0 Å². The summed E-state index contributed by atoms with van der Waals surface area (Å²) in [5.41, 5.74) is 1.21. The molecule has 0 saturated heterocycles. The van der Waals surface area contributed by atoms with Crippen molar-refractivity contribution in [2.24, 2.45) is 0 Å². The zero-order valence-electron chi connectivity index (χ0n) is 9.53. The maximum Gasteiger partial charge on any atom is 0.335 e. The number of aromatic carboxylic acids is 1. The van der Waals surface area contributed by atoms with Crippen molar-refractivity contribution in [3.8, 4) is 5.75 Å². The number of ether oxygens (including phenoxy) is 2. The standard InChI is InChI=1S/C12H16O4/c1-3-9-6-10(12(13)14)8-11(7-9)16-5-4-15-2/h6-8H,3-5H2,1-2H3,(H,13,14). The first-order valence-electron chi connectivity index (χ1n) is 5.16. The monoisotopic (exact) mass is 224 g/mol. The summed E-state index contributed by atoms with van der Waals surface area (Å²) in [7, 11) is 1.59. The first-order chi connectivity index (χ1) is 7.67. The molecule has 0 unspecified atom stereocenters. The van der Waals surface area contributed by atoms with E-state index in [1.54, 1.807) is 13.2 Å². The van der Waals surface area contributed by atoms with Crippen LogP contribution in [-0.4, -0.2) is 31.4 Å². The second-order valence-corrected chi connectivity index (χ2v) is 3.37. The van der Waals surface area contributed by atoms with Gasteiger partial charge in [0.25, 0.3) is 0 Å². The Kier molecular flexibility index (Phi) is 4.79. The van der Waals surface area contributed by atoms with E-state index in [-0.39, 0.29) is 5.56 Å². The number of carboxylic acids is 1. The smallest absolute Gasteiger partial charge is 0.335 e. The largest absolute Gasteiger partial charge is 0.491 e. The van der Waals surface area contributed by atoms with Crippen molar-refractivity contribution in [2.45, 2.75) is 13.3 Å². The average molecular weight is 224 g/mol. The topological polar surface area (TPSA) is 55.8 Å². The predicted octanol–water partition coefficient (Wildman–Crippen LogP) is 1.97. The molecule has 0 aromatic heterocycles. The Bertz CT molecular complexity index is 360. The van der Waals surface area contributed by atoms with E-state index < -0.39 is 5.97 Å². The van der Waals surface area contributed by atoms with Gasteiger partial charge < -0.3 is 14.6 Å². The number of methoxy groups -OCH3 is 1. The second kappa shape index (κ2) is 6.12. The molecule has 16 heavy (non-hydrogen) atoms. The third kappa shape index (κ3) is 3.55. The van der Waals surface area contributed by atoms with Crippen molar-refractivity contribution in [2.75, 3.05) is 20.3 Å². The van der Waals surface area contributed by atoms with Crippen LogP contribution >= 0.6 is 0 Å². The minimum atomic E-state index is -0.938. The number of hydrogen-bond donors (Lipinski definition) is 1. The third-order valence-corrected chi connectivity index (χ3v) is 2.18. The second-order valence-electron chi connectivity index (χ2n) is 3.37. The molecule has 0 atom stereocenters. The zero-order chi connectivity index (χ0) is 12.0. The molecule has 88 valence electrons. The molecule has 0 heterocycles.